The zero-order valence-electron chi connectivity index (χ0n) is 20.2. The SMILES string of the molecule is CCC1OC(=O)CC(O)C(C)C(O)C(CC2OCCO2)CC(C)C(=O)/C=C\C(C)=C/C1CO. The van der Waals surface area contributed by atoms with E-state index in [0.29, 0.717) is 32.5 Å². The van der Waals surface area contributed by atoms with Crippen LogP contribution in [0.25, 0.3) is 0 Å². The number of rotatable bonds is 4. The van der Waals surface area contributed by atoms with Crippen molar-refractivity contribution in [1.29, 1.82) is 0 Å². The van der Waals surface area contributed by atoms with Crippen LogP contribution in [-0.2, 0) is 23.8 Å². The number of ether oxygens (including phenoxy) is 3. The van der Waals surface area contributed by atoms with Crippen LogP contribution in [0.5, 0.6) is 0 Å². The van der Waals surface area contributed by atoms with Crippen LogP contribution in [0.3, 0.4) is 0 Å². The maximum Gasteiger partial charge on any atom is 0.308 e. The van der Waals surface area contributed by atoms with Crippen LogP contribution in [0.15, 0.2) is 23.8 Å². The van der Waals surface area contributed by atoms with Crippen molar-refractivity contribution in [2.24, 2.45) is 23.7 Å². The van der Waals surface area contributed by atoms with Crippen LogP contribution in [0.4, 0.5) is 0 Å². The summed E-state index contributed by atoms with van der Waals surface area (Å²) < 4.78 is 16.7. The summed E-state index contributed by atoms with van der Waals surface area (Å²) in [7, 11) is 0. The van der Waals surface area contributed by atoms with Gasteiger partial charge < -0.3 is 29.5 Å². The van der Waals surface area contributed by atoms with Gasteiger partial charge in [0.05, 0.1) is 38.4 Å². The molecular formula is C25H40O8. The van der Waals surface area contributed by atoms with Gasteiger partial charge in [0.15, 0.2) is 12.1 Å². The molecule has 8 nitrogen and oxygen atoms in total. The molecule has 2 aliphatic heterocycles. The van der Waals surface area contributed by atoms with E-state index in [2.05, 4.69) is 0 Å². The number of carbonyl (C=O) groups excluding carboxylic acids is 2. The highest BCUT2D eigenvalue weighted by Crippen LogP contribution is 2.31. The van der Waals surface area contributed by atoms with Gasteiger partial charge in [-0.05, 0) is 31.8 Å². The van der Waals surface area contributed by atoms with Gasteiger partial charge in [-0.25, -0.2) is 0 Å². The molecule has 0 radical (unpaired) electrons. The number of aliphatic hydroxyl groups excluding tert-OH is 3. The largest absolute Gasteiger partial charge is 0.462 e. The third-order valence-corrected chi connectivity index (χ3v) is 6.69. The Hall–Kier alpha value is -1.58. The topological polar surface area (TPSA) is 123 Å². The van der Waals surface area contributed by atoms with Gasteiger partial charge in [-0.3, -0.25) is 9.59 Å². The summed E-state index contributed by atoms with van der Waals surface area (Å²) in [5.74, 6) is -2.46. The Morgan fingerprint density at radius 3 is 2.36 bits per heavy atom. The molecule has 0 saturated carbocycles. The summed E-state index contributed by atoms with van der Waals surface area (Å²) in [6.07, 6.45) is 2.86. The second kappa shape index (κ2) is 13.3. The Morgan fingerprint density at radius 1 is 1.09 bits per heavy atom. The molecular weight excluding hydrogens is 428 g/mol. The van der Waals surface area contributed by atoms with Crippen molar-refractivity contribution in [3.8, 4) is 0 Å². The molecule has 0 spiro atoms. The molecule has 0 bridgehead atoms. The first-order valence-corrected chi connectivity index (χ1v) is 12.0. The summed E-state index contributed by atoms with van der Waals surface area (Å²) >= 11 is 0. The van der Waals surface area contributed by atoms with E-state index in [1.807, 2.05) is 20.8 Å². The third kappa shape index (κ3) is 8.30. The first-order chi connectivity index (χ1) is 15.7. The molecule has 33 heavy (non-hydrogen) atoms. The molecule has 8 heteroatoms. The number of cyclic esters (lactones) is 1. The van der Waals surface area contributed by atoms with Crippen molar-refractivity contribution in [1.82, 2.24) is 0 Å². The van der Waals surface area contributed by atoms with Crippen molar-refractivity contribution < 1.29 is 39.1 Å². The van der Waals surface area contributed by atoms with E-state index < -0.39 is 42.4 Å². The quantitative estimate of drug-likeness (QED) is 0.537. The van der Waals surface area contributed by atoms with Crippen LogP contribution >= 0.6 is 0 Å². The fourth-order valence-corrected chi connectivity index (χ4v) is 4.49. The summed E-state index contributed by atoms with van der Waals surface area (Å²) in [5, 5.41) is 31.6. The predicted octanol–water partition coefficient (Wildman–Crippen LogP) is 2.16. The Morgan fingerprint density at radius 2 is 1.76 bits per heavy atom. The molecule has 1 fully saturated rings. The van der Waals surface area contributed by atoms with E-state index in [0.717, 1.165) is 5.57 Å². The van der Waals surface area contributed by atoms with Gasteiger partial charge in [-0.15, -0.1) is 0 Å². The van der Waals surface area contributed by atoms with Crippen molar-refractivity contribution in [3.63, 3.8) is 0 Å². The normalized spacial score (nSPS) is 38.5. The number of hydrogen-bond acceptors (Lipinski definition) is 8. The predicted molar refractivity (Wildman–Crippen MR) is 122 cm³/mol. The first kappa shape index (κ1) is 27.7. The van der Waals surface area contributed by atoms with Crippen molar-refractivity contribution >= 4 is 11.8 Å². The number of carbonyl (C=O) groups is 2. The van der Waals surface area contributed by atoms with Crippen LogP contribution in [0, 0.1) is 23.7 Å². The summed E-state index contributed by atoms with van der Waals surface area (Å²) in [4.78, 5) is 25.3. The number of esters is 1. The molecule has 0 aromatic rings. The van der Waals surface area contributed by atoms with Gasteiger partial charge in [0, 0.05) is 24.2 Å². The molecule has 0 aromatic carbocycles. The lowest BCUT2D eigenvalue weighted by molar-refractivity contribution is -0.156. The van der Waals surface area contributed by atoms with Gasteiger partial charge in [0.25, 0.3) is 0 Å². The molecule has 7 unspecified atom stereocenters. The Bertz CT molecular complexity index is 697. The highest BCUT2D eigenvalue weighted by atomic mass is 16.7. The zero-order valence-corrected chi connectivity index (χ0v) is 20.2. The molecule has 2 aliphatic rings. The minimum atomic E-state index is -1.12. The van der Waals surface area contributed by atoms with Crippen LogP contribution < -0.4 is 0 Å². The average molecular weight is 469 g/mol. The Labute approximate surface area is 196 Å². The summed E-state index contributed by atoms with van der Waals surface area (Å²) in [6.45, 7) is 7.91. The maximum atomic E-state index is 12.8. The molecule has 1 saturated heterocycles. The molecule has 2 rings (SSSR count). The summed E-state index contributed by atoms with van der Waals surface area (Å²) in [5.41, 5.74) is 0.772. The van der Waals surface area contributed by atoms with Gasteiger partial charge in [0.2, 0.25) is 0 Å². The number of aliphatic hydroxyl groups is 3. The van der Waals surface area contributed by atoms with Crippen LogP contribution in [0.1, 0.15) is 53.4 Å². The van der Waals surface area contributed by atoms with Gasteiger partial charge in [-0.1, -0.05) is 38.5 Å². The van der Waals surface area contributed by atoms with Crippen LogP contribution in [0.2, 0.25) is 0 Å². The molecule has 188 valence electrons. The van der Waals surface area contributed by atoms with Crippen LogP contribution in [-0.4, -0.2) is 71.5 Å². The highest BCUT2D eigenvalue weighted by molar-refractivity contribution is 5.91. The van der Waals surface area contributed by atoms with Crippen molar-refractivity contribution in [2.75, 3.05) is 19.8 Å². The fraction of sp³-hybridized carbons (Fsp3) is 0.760. The monoisotopic (exact) mass is 468 g/mol. The Kier molecular flexibility index (Phi) is 11.2. The number of allylic oxidation sites excluding steroid dienone is 3. The van der Waals surface area contributed by atoms with Crippen molar-refractivity contribution in [2.45, 2.75) is 78.0 Å². The molecule has 0 aromatic heterocycles. The smallest absolute Gasteiger partial charge is 0.308 e. The van der Waals surface area contributed by atoms with E-state index in [9.17, 15) is 24.9 Å². The standard InChI is InChI=1S/C25H40O8/c1-5-22-19(14-26)10-15(2)6-7-20(27)16(3)11-18(12-24-31-8-9-32-24)25(30)17(4)21(28)13-23(29)33-22/h6-7,10,16-19,21-22,24-26,28,30H,5,8-9,11-14H2,1-4H3/b7-6-,15-10-. The zero-order chi connectivity index (χ0) is 24.5. The lowest BCUT2D eigenvalue weighted by atomic mass is 9.79. The third-order valence-electron chi connectivity index (χ3n) is 6.69. The van der Waals surface area contributed by atoms with E-state index in [1.54, 1.807) is 19.1 Å². The van der Waals surface area contributed by atoms with E-state index in [-0.39, 0.29) is 30.6 Å². The molecule has 3 N–H and O–H groups in total. The van der Waals surface area contributed by atoms with Gasteiger partial charge in [0.1, 0.15) is 6.10 Å². The highest BCUT2D eigenvalue weighted by Gasteiger charge is 2.35. The second-order valence-electron chi connectivity index (χ2n) is 9.35. The average Bonchev–Trinajstić information content (AvgIpc) is 3.30. The molecule has 0 aliphatic carbocycles. The summed E-state index contributed by atoms with van der Waals surface area (Å²) in [6, 6.07) is 0. The number of hydrogen-bond donors (Lipinski definition) is 3. The fourth-order valence-electron chi connectivity index (χ4n) is 4.49. The molecule has 2 heterocycles. The molecule has 0 amide bonds. The van der Waals surface area contributed by atoms with Crippen molar-refractivity contribution in [3.05, 3.63) is 23.8 Å². The minimum absolute atomic E-state index is 0.0764. The molecule has 7 atom stereocenters. The van der Waals surface area contributed by atoms with Gasteiger partial charge in [-0.2, -0.15) is 0 Å². The second-order valence-corrected chi connectivity index (χ2v) is 9.35. The number of ketones is 1. The van der Waals surface area contributed by atoms with E-state index in [4.69, 9.17) is 14.2 Å². The lowest BCUT2D eigenvalue weighted by Gasteiger charge is -2.33. The lowest BCUT2D eigenvalue weighted by Crippen LogP contribution is -2.39. The minimum Gasteiger partial charge on any atom is -0.462 e. The van der Waals surface area contributed by atoms with E-state index >= 15 is 0 Å². The Balaban J connectivity index is 2.32. The van der Waals surface area contributed by atoms with E-state index in [1.165, 1.54) is 6.08 Å². The maximum absolute atomic E-state index is 12.8. The first-order valence-electron chi connectivity index (χ1n) is 12.0. The van der Waals surface area contributed by atoms with Gasteiger partial charge >= 0.3 is 5.97 Å².